The third kappa shape index (κ3) is 5.00. The van der Waals surface area contributed by atoms with Crippen LogP contribution in [0.4, 0.5) is 4.79 Å². The molecule has 0 radical (unpaired) electrons. The minimum absolute atomic E-state index is 0.0390. The van der Waals surface area contributed by atoms with Gasteiger partial charge in [-0.25, -0.2) is 4.79 Å². The van der Waals surface area contributed by atoms with Crippen LogP contribution in [-0.2, 0) is 9.53 Å². The van der Waals surface area contributed by atoms with Crippen LogP contribution in [-0.4, -0.2) is 52.3 Å². The van der Waals surface area contributed by atoms with Crippen LogP contribution in [0.15, 0.2) is 0 Å². The number of likely N-dealkylation sites (tertiary alicyclic amines) is 1. The summed E-state index contributed by atoms with van der Waals surface area (Å²) in [5, 5.41) is 12.0. The third-order valence-electron chi connectivity index (χ3n) is 3.36. The monoisotopic (exact) mass is 286 g/mol. The lowest BCUT2D eigenvalue weighted by Gasteiger charge is -2.39. The van der Waals surface area contributed by atoms with Gasteiger partial charge in [-0.05, 0) is 47.5 Å². The number of rotatable bonds is 3. The summed E-state index contributed by atoms with van der Waals surface area (Å²) in [5.41, 5.74) is -0.496. The lowest BCUT2D eigenvalue weighted by molar-refractivity contribution is -0.139. The first-order valence-corrected chi connectivity index (χ1v) is 7.08. The zero-order chi connectivity index (χ0) is 15.5. The minimum Gasteiger partial charge on any atom is -0.480 e. The van der Waals surface area contributed by atoms with E-state index in [4.69, 9.17) is 9.84 Å². The van der Waals surface area contributed by atoms with Crippen LogP contribution < -0.4 is 5.32 Å². The van der Waals surface area contributed by atoms with E-state index in [1.54, 1.807) is 11.8 Å². The molecule has 0 aromatic carbocycles. The molecule has 6 nitrogen and oxygen atoms in total. The molecule has 1 aliphatic rings. The average molecular weight is 286 g/mol. The van der Waals surface area contributed by atoms with E-state index in [9.17, 15) is 9.59 Å². The average Bonchev–Trinajstić information content (AvgIpc) is 2.26. The van der Waals surface area contributed by atoms with Crippen molar-refractivity contribution in [1.29, 1.82) is 0 Å². The first-order chi connectivity index (χ1) is 9.10. The molecule has 0 bridgehead atoms. The largest absolute Gasteiger partial charge is 0.480 e. The number of carboxylic acids is 1. The molecular formula is C14H26N2O4. The molecule has 3 unspecified atom stereocenters. The van der Waals surface area contributed by atoms with E-state index in [-0.39, 0.29) is 18.2 Å². The van der Waals surface area contributed by atoms with Crippen LogP contribution in [0, 0.1) is 0 Å². The standard InChI is InChI=1S/C14H26N2O4/c1-9-8-11(15-10(2)12(17)18)6-7-16(9)13(19)20-14(3,4)5/h9-11,15H,6-8H2,1-5H3,(H,17,18). The Hall–Kier alpha value is -1.30. The Bertz CT molecular complexity index is 365. The van der Waals surface area contributed by atoms with Gasteiger partial charge in [-0.1, -0.05) is 0 Å². The molecule has 1 rings (SSSR count). The SMILES string of the molecule is CC(NC1CCN(C(=O)OC(C)(C)C)C(C)C1)C(=O)O. The molecule has 20 heavy (non-hydrogen) atoms. The van der Waals surface area contributed by atoms with E-state index in [0.29, 0.717) is 6.54 Å². The van der Waals surface area contributed by atoms with Gasteiger partial charge in [0.15, 0.2) is 0 Å². The fraction of sp³-hybridized carbons (Fsp3) is 0.857. The highest BCUT2D eigenvalue weighted by molar-refractivity contribution is 5.73. The number of aliphatic carboxylic acids is 1. The van der Waals surface area contributed by atoms with Crippen molar-refractivity contribution >= 4 is 12.1 Å². The number of piperidine rings is 1. The third-order valence-corrected chi connectivity index (χ3v) is 3.36. The number of carboxylic acid groups (broad SMARTS) is 1. The zero-order valence-electron chi connectivity index (χ0n) is 13.0. The summed E-state index contributed by atoms with van der Waals surface area (Å²) in [5.74, 6) is -0.854. The number of nitrogens with one attached hydrogen (secondary N) is 1. The summed E-state index contributed by atoms with van der Waals surface area (Å²) < 4.78 is 5.37. The number of hydrogen-bond acceptors (Lipinski definition) is 4. The summed E-state index contributed by atoms with van der Waals surface area (Å²) in [7, 11) is 0. The highest BCUT2D eigenvalue weighted by Gasteiger charge is 2.32. The Morgan fingerprint density at radius 1 is 1.40 bits per heavy atom. The molecule has 0 saturated carbocycles. The van der Waals surface area contributed by atoms with Crippen LogP contribution >= 0.6 is 0 Å². The zero-order valence-corrected chi connectivity index (χ0v) is 13.0. The van der Waals surface area contributed by atoms with Gasteiger partial charge in [-0.15, -0.1) is 0 Å². The van der Waals surface area contributed by atoms with Gasteiger partial charge >= 0.3 is 12.1 Å². The smallest absolute Gasteiger partial charge is 0.410 e. The molecule has 1 aliphatic heterocycles. The summed E-state index contributed by atoms with van der Waals surface area (Å²) in [4.78, 5) is 24.6. The second kappa shape index (κ2) is 6.43. The van der Waals surface area contributed by atoms with Gasteiger partial charge in [0.2, 0.25) is 0 Å². The molecule has 1 fully saturated rings. The van der Waals surface area contributed by atoms with Gasteiger partial charge in [-0.2, -0.15) is 0 Å². The van der Waals surface area contributed by atoms with Gasteiger partial charge in [0, 0.05) is 18.6 Å². The van der Waals surface area contributed by atoms with Crippen molar-refractivity contribution in [3.63, 3.8) is 0 Å². The number of ether oxygens (including phenoxy) is 1. The number of carbonyl (C=O) groups excluding carboxylic acids is 1. The van der Waals surface area contributed by atoms with Crippen molar-refractivity contribution in [2.24, 2.45) is 0 Å². The van der Waals surface area contributed by atoms with Crippen molar-refractivity contribution in [2.75, 3.05) is 6.54 Å². The normalized spacial score (nSPS) is 25.1. The predicted octanol–water partition coefficient (Wildman–Crippen LogP) is 1.84. The Kier molecular flexibility index (Phi) is 5.39. The molecular weight excluding hydrogens is 260 g/mol. The maximum Gasteiger partial charge on any atom is 0.410 e. The number of nitrogens with zero attached hydrogens (tertiary/aromatic N) is 1. The molecule has 0 aromatic rings. The van der Waals surface area contributed by atoms with Crippen LogP contribution in [0.3, 0.4) is 0 Å². The lowest BCUT2D eigenvalue weighted by Crippen LogP contribution is -2.53. The Balaban J connectivity index is 2.51. The molecule has 6 heteroatoms. The first-order valence-electron chi connectivity index (χ1n) is 7.08. The topological polar surface area (TPSA) is 78.9 Å². The van der Waals surface area contributed by atoms with Crippen molar-refractivity contribution in [3.8, 4) is 0 Å². The maximum atomic E-state index is 12.1. The molecule has 1 amide bonds. The number of amides is 1. The fourth-order valence-electron chi connectivity index (χ4n) is 2.34. The van der Waals surface area contributed by atoms with Gasteiger partial charge in [0.25, 0.3) is 0 Å². The van der Waals surface area contributed by atoms with Gasteiger partial charge < -0.3 is 20.1 Å². The highest BCUT2D eigenvalue weighted by atomic mass is 16.6. The highest BCUT2D eigenvalue weighted by Crippen LogP contribution is 2.20. The van der Waals surface area contributed by atoms with Gasteiger partial charge in [0.1, 0.15) is 11.6 Å². The summed E-state index contributed by atoms with van der Waals surface area (Å²) in [6.07, 6.45) is 1.17. The van der Waals surface area contributed by atoms with E-state index in [1.165, 1.54) is 0 Å². The second-order valence-corrected chi connectivity index (χ2v) is 6.47. The summed E-state index contributed by atoms with van der Waals surface area (Å²) in [6.45, 7) is 9.71. The molecule has 0 spiro atoms. The Morgan fingerprint density at radius 2 is 2.00 bits per heavy atom. The van der Waals surface area contributed by atoms with Crippen molar-refractivity contribution in [3.05, 3.63) is 0 Å². The van der Waals surface area contributed by atoms with Gasteiger partial charge in [-0.3, -0.25) is 4.79 Å². The molecule has 1 heterocycles. The Morgan fingerprint density at radius 3 is 2.45 bits per heavy atom. The van der Waals surface area contributed by atoms with Crippen LogP contribution in [0.2, 0.25) is 0 Å². The molecule has 1 saturated heterocycles. The van der Waals surface area contributed by atoms with Gasteiger partial charge in [0.05, 0.1) is 0 Å². The van der Waals surface area contributed by atoms with E-state index in [2.05, 4.69) is 5.32 Å². The Labute approximate surface area is 120 Å². The predicted molar refractivity (Wildman–Crippen MR) is 75.7 cm³/mol. The maximum absolute atomic E-state index is 12.1. The van der Waals surface area contributed by atoms with E-state index >= 15 is 0 Å². The minimum atomic E-state index is -0.854. The first kappa shape index (κ1) is 16.8. The molecule has 2 N–H and O–H groups in total. The number of carbonyl (C=O) groups is 2. The molecule has 0 aliphatic carbocycles. The van der Waals surface area contributed by atoms with Crippen LogP contribution in [0.1, 0.15) is 47.5 Å². The second-order valence-electron chi connectivity index (χ2n) is 6.47. The van der Waals surface area contributed by atoms with Crippen LogP contribution in [0.5, 0.6) is 0 Å². The fourth-order valence-corrected chi connectivity index (χ4v) is 2.34. The molecule has 0 aromatic heterocycles. The van der Waals surface area contributed by atoms with E-state index in [0.717, 1.165) is 12.8 Å². The summed E-state index contributed by atoms with van der Waals surface area (Å²) in [6, 6.07) is -0.410. The van der Waals surface area contributed by atoms with E-state index in [1.807, 2.05) is 27.7 Å². The quantitative estimate of drug-likeness (QED) is 0.827. The molecule has 116 valence electrons. The molecule has 3 atom stereocenters. The lowest BCUT2D eigenvalue weighted by atomic mass is 9.98. The number of hydrogen-bond donors (Lipinski definition) is 2. The van der Waals surface area contributed by atoms with E-state index < -0.39 is 17.6 Å². The van der Waals surface area contributed by atoms with Crippen molar-refractivity contribution in [1.82, 2.24) is 10.2 Å². The van der Waals surface area contributed by atoms with Crippen molar-refractivity contribution < 1.29 is 19.4 Å². The van der Waals surface area contributed by atoms with Crippen molar-refractivity contribution in [2.45, 2.75) is 71.2 Å². The summed E-state index contributed by atoms with van der Waals surface area (Å²) >= 11 is 0. The van der Waals surface area contributed by atoms with Crippen LogP contribution in [0.25, 0.3) is 0 Å².